The van der Waals surface area contributed by atoms with Crippen LogP contribution in [-0.2, 0) is 17.8 Å². The van der Waals surface area contributed by atoms with Crippen molar-refractivity contribution in [3.05, 3.63) is 24.0 Å². The monoisotopic (exact) mass is 403 g/mol. The third-order valence-corrected chi connectivity index (χ3v) is 5.25. The first kappa shape index (κ1) is 22.0. The summed E-state index contributed by atoms with van der Waals surface area (Å²) in [6, 6.07) is 6.04. The minimum absolute atomic E-state index is 0.181. The first-order chi connectivity index (χ1) is 13.8. The van der Waals surface area contributed by atoms with E-state index < -0.39 is 0 Å². The fraction of sp³-hybridized carbons (Fsp3) is 0.682. The van der Waals surface area contributed by atoms with E-state index >= 15 is 0 Å². The molecule has 29 heavy (non-hydrogen) atoms. The summed E-state index contributed by atoms with van der Waals surface area (Å²) in [7, 11) is 4.20. The second-order valence-corrected chi connectivity index (χ2v) is 9.56. The molecule has 7 nitrogen and oxygen atoms in total. The zero-order chi connectivity index (χ0) is 20.9. The molecular weight excluding hydrogens is 366 g/mol. The van der Waals surface area contributed by atoms with Gasteiger partial charge in [0.25, 0.3) is 0 Å². The van der Waals surface area contributed by atoms with Crippen molar-refractivity contribution < 1.29 is 9.68 Å². The van der Waals surface area contributed by atoms with E-state index in [2.05, 4.69) is 61.4 Å². The lowest BCUT2D eigenvalue weighted by atomic mass is 9.92. The Hall–Kier alpha value is -1.67. The Morgan fingerprint density at radius 1 is 1.24 bits per heavy atom. The Labute approximate surface area is 174 Å². The zero-order valence-electron chi connectivity index (χ0n) is 18.6. The second-order valence-electron chi connectivity index (χ2n) is 9.56. The first-order valence-electron chi connectivity index (χ1n) is 10.7. The van der Waals surface area contributed by atoms with E-state index in [1.54, 1.807) is 0 Å². The van der Waals surface area contributed by atoms with E-state index in [1.807, 2.05) is 12.1 Å². The molecule has 1 aliphatic rings. The summed E-state index contributed by atoms with van der Waals surface area (Å²) in [5.41, 5.74) is 4.94. The van der Waals surface area contributed by atoms with E-state index in [4.69, 9.17) is 14.7 Å². The maximum Gasteiger partial charge on any atom is 0.152 e. The van der Waals surface area contributed by atoms with Gasteiger partial charge in [0, 0.05) is 25.6 Å². The van der Waals surface area contributed by atoms with Gasteiger partial charge in [-0.25, -0.2) is 4.98 Å². The molecule has 0 aliphatic carbocycles. The molecule has 1 fully saturated rings. The van der Waals surface area contributed by atoms with Gasteiger partial charge in [0.2, 0.25) is 0 Å². The van der Waals surface area contributed by atoms with Crippen LogP contribution in [0, 0.1) is 11.3 Å². The van der Waals surface area contributed by atoms with Gasteiger partial charge < -0.3 is 19.6 Å². The van der Waals surface area contributed by atoms with Crippen molar-refractivity contribution in [2.45, 2.75) is 46.6 Å². The van der Waals surface area contributed by atoms with Gasteiger partial charge in [-0.3, -0.25) is 4.84 Å². The molecule has 1 aliphatic heterocycles. The van der Waals surface area contributed by atoms with Crippen LogP contribution in [0.1, 0.15) is 39.4 Å². The normalized spacial score (nSPS) is 16.1. The first-order valence-corrected chi connectivity index (χ1v) is 10.7. The van der Waals surface area contributed by atoms with Crippen LogP contribution >= 0.6 is 0 Å². The highest BCUT2D eigenvalue weighted by molar-refractivity contribution is 5.77. The summed E-state index contributed by atoms with van der Waals surface area (Å²) in [5, 5.41) is 3.36. The number of hydrogen-bond acceptors (Lipinski definition) is 6. The number of benzene rings is 1. The number of fused-ring (bicyclic) bond motifs is 1. The Bertz CT molecular complexity index is 775. The van der Waals surface area contributed by atoms with Crippen molar-refractivity contribution in [1.29, 1.82) is 0 Å². The van der Waals surface area contributed by atoms with E-state index in [0.29, 0.717) is 18.3 Å². The molecule has 2 heterocycles. The number of nitrogens with zero attached hydrogens (tertiary/aromatic N) is 3. The van der Waals surface area contributed by atoms with Crippen molar-refractivity contribution in [3.8, 4) is 5.75 Å². The van der Waals surface area contributed by atoms with Crippen LogP contribution in [0.4, 0.5) is 0 Å². The lowest BCUT2D eigenvalue weighted by Gasteiger charge is -2.21. The molecule has 2 aromatic rings. The van der Waals surface area contributed by atoms with Crippen molar-refractivity contribution in [2.24, 2.45) is 11.3 Å². The topological polar surface area (TPSA) is 63.6 Å². The van der Waals surface area contributed by atoms with Gasteiger partial charge in [0.15, 0.2) is 5.75 Å². The third kappa shape index (κ3) is 6.67. The molecule has 1 aromatic carbocycles. The molecule has 162 valence electrons. The summed E-state index contributed by atoms with van der Waals surface area (Å²) >= 11 is 0. The van der Waals surface area contributed by atoms with Crippen LogP contribution in [0.15, 0.2) is 18.2 Å². The molecule has 7 heteroatoms. The predicted molar refractivity (Wildman–Crippen MR) is 117 cm³/mol. The number of hydrogen-bond donors (Lipinski definition) is 2. The standard InChI is InChI=1S/C22H37N5O2/c1-22(2,3)15-21-24-19-14-18(6-7-20(19)27(21)13-12-26(4)5)29-25-28-16-17-8-10-23-11-9-17/h6-7,14,17,23,25H,8-13,15-16H2,1-5H3. The van der Waals surface area contributed by atoms with Gasteiger partial charge in [-0.2, -0.15) is 0 Å². The molecular formula is C22H37N5O2. The van der Waals surface area contributed by atoms with Gasteiger partial charge in [-0.1, -0.05) is 20.8 Å². The van der Waals surface area contributed by atoms with Gasteiger partial charge >= 0.3 is 0 Å². The van der Waals surface area contributed by atoms with Crippen LogP contribution in [0.5, 0.6) is 5.75 Å². The van der Waals surface area contributed by atoms with E-state index in [0.717, 1.165) is 62.3 Å². The molecule has 0 atom stereocenters. The van der Waals surface area contributed by atoms with Crippen molar-refractivity contribution in [2.75, 3.05) is 40.3 Å². The molecule has 0 radical (unpaired) electrons. The molecule has 0 saturated carbocycles. The van der Waals surface area contributed by atoms with Gasteiger partial charge in [-0.05, 0) is 69.1 Å². The number of rotatable bonds is 9. The molecule has 1 saturated heterocycles. The fourth-order valence-corrected chi connectivity index (χ4v) is 3.66. The second kappa shape index (κ2) is 9.89. The van der Waals surface area contributed by atoms with Crippen LogP contribution in [0.3, 0.4) is 0 Å². The quantitative estimate of drug-likeness (QED) is 0.496. The van der Waals surface area contributed by atoms with E-state index in [-0.39, 0.29) is 5.41 Å². The SMILES string of the molecule is CN(C)CCn1c(CC(C)(C)C)nc2cc(ONOCC3CCNCC3)ccc21. The molecule has 0 amide bonds. The Balaban J connectivity index is 1.66. The lowest BCUT2D eigenvalue weighted by molar-refractivity contribution is -0.119. The lowest BCUT2D eigenvalue weighted by Crippen LogP contribution is -2.32. The summed E-state index contributed by atoms with van der Waals surface area (Å²) in [5.74, 6) is 2.42. The van der Waals surface area contributed by atoms with Crippen molar-refractivity contribution >= 4 is 11.0 Å². The Morgan fingerprint density at radius 2 is 2.00 bits per heavy atom. The number of likely N-dealkylation sites (N-methyl/N-ethyl adjacent to an activating group) is 1. The third-order valence-electron chi connectivity index (χ3n) is 5.25. The summed E-state index contributed by atoms with van der Waals surface area (Å²) in [6.07, 6.45) is 3.23. The maximum atomic E-state index is 5.61. The summed E-state index contributed by atoms with van der Waals surface area (Å²) in [4.78, 5) is 18.3. The van der Waals surface area contributed by atoms with Gasteiger partial charge in [-0.15, -0.1) is 0 Å². The number of piperidine rings is 1. The van der Waals surface area contributed by atoms with Crippen LogP contribution in [-0.4, -0.2) is 54.8 Å². The average molecular weight is 404 g/mol. The van der Waals surface area contributed by atoms with Gasteiger partial charge in [0.05, 0.1) is 17.6 Å². The smallest absolute Gasteiger partial charge is 0.152 e. The number of imidazole rings is 1. The molecule has 0 unspecified atom stereocenters. The van der Waals surface area contributed by atoms with E-state index in [9.17, 15) is 0 Å². The Morgan fingerprint density at radius 3 is 2.69 bits per heavy atom. The van der Waals surface area contributed by atoms with Crippen molar-refractivity contribution in [1.82, 2.24) is 25.4 Å². The fourth-order valence-electron chi connectivity index (χ4n) is 3.66. The van der Waals surface area contributed by atoms with E-state index in [1.165, 1.54) is 0 Å². The predicted octanol–water partition coefficient (Wildman–Crippen LogP) is 3.00. The summed E-state index contributed by atoms with van der Waals surface area (Å²) in [6.45, 7) is 11.5. The molecule has 2 N–H and O–H groups in total. The zero-order valence-corrected chi connectivity index (χ0v) is 18.6. The maximum absolute atomic E-state index is 5.61. The number of nitrogens with one attached hydrogen (secondary N) is 2. The minimum atomic E-state index is 0.181. The minimum Gasteiger partial charge on any atom is -0.383 e. The molecule has 0 spiro atoms. The van der Waals surface area contributed by atoms with Crippen LogP contribution < -0.4 is 15.8 Å². The number of aromatic nitrogens is 2. The largest absolute Gasteiger partial charge is 0.383 e. The van der Waals surface area contributed by atoms with Crippen LogP contribution in [0.2, 0.25) is 0 Å². The van der Waals surface area contributed by atoms with Crippen molar-refractivity contribution in [3.63, 3.8) is 0 Å². The average Bonchev–Trinajstić information content (AvgIpc) is 2.98. The molecule has 0 bridgehead atoms. The highest BCUT2D eigenvalue weighted by Gasteiger charge is 2.19. The highest BCUT2D eigenvalue weighted by Crippen LogP contribution is 2.26. The molecule has 3 rings (SSSR count). The molecule has 1 aromatic heterocycles. The Kier molecular flexibility index (Phi) is 7.51. The highest BCUT2D eigenvalue weighted by atomic mass is 16.9. The van der Waals surface area contributed by atoms with Crippen LogP contribution in [0.25, 0.3) is 11.0 Å². The van der Waals surface area contributed by atoms with Gasteiger partial charge in [0.1, 0.15) is 5.82 Å². The summed E-state index contributed by atoms with van der Waals surface area (Å²) < 4.78 is 2.34.